The summed E-state index contributed by atoms with van der Waals surface area (Å²) < 4.78 is 27.1. The molecule has 0 heterocycles. The number of benzene rings is 1. The van der Waals surface area contributed by atoms with Crippen LogP contribution in [-0.4, -0.2) is 16.5 Å². The van der Waals surface area contributed by atoms with Gasteiger partial charge in [0.05, 0.1) is 5.56 Å². The summed E-state index contributed by atoms with van der Waals surface area (Å²) in [6.45, 7) is 0. The molecule has 0 bridgehead atoms. The van der Waals surface area contributed by atoms with Crippen molar-refractivity contribution in [3.05, 3.63) is 35.4 Å². The molecule has 2 nitrogen and oxygen atoms in total. The Morgan fingerprint density at radius 2 is 1.56 bits per heavy atom. The third kappa shape index (κ3) is 2.43. The molecule has 0 aromatic heterocycles. The number of rotatable bonds is 2. The molecule has 1 saturated carbocycles. The van der Waals surface area contributed by atoms with Gasteiger partial charge in [0, 0.05) is 0 Å². The Balaban J connectivity index is 2.35. The molecule has 2 rings (SSSR count). The van der Waals surface area contributed by atoms with Crippen LogP contribution in [0.4, 0.5) is 8.78 Å². The average molecular weight is 254 g/mol. The normalized spacial score (nSPS) is 19.3. The van der Waals surface area contributed by atoms with Crippen molar-refractivity contribution in [1.82, 2.24) is 0 Å². The summed E-state index contributed by atoms with van der Waals surface area (Å²) >= 11 is 0. The van der Waals surface area contributed by atoms with E-state index in [0.717, 1.165) is 25.0 Å². The van der Waals surface area contributed by atoms with E-state index >= 15 is 0 Å². The van der Waals surface area contributed by atoms with Crippen LogP contribution < -0.4 is 0 Å². The van der Waals surface area contributed by atoms with E-state index in [9.17, 15) is 18.7 Å². The largest absolute Gasteiger partial charge is 0.382 e. The van der Waals surface area contributed by atoms with Gasteiger partial charge in [-0.2, -0.15) is 0 Å². The second-order valence-corrected chi connectivity index (χ2v) is 4.87. The number of halogens is 2. The number of carbonyl (C=O) groups is 1. The number of hydrogen-bond donors (Lipinski definition) is 1. The summed E-state index contributed by atoms with van der Waals surface area (Å²) in [6, 6.07) is 3.28. The molecule has 1 aromatic rings. The Morgan fingerprint density at radius 1 is 1.06 bits per heavy atom. The second kappa shape index (κ2) is 5.14. The van der Waals surface area contributed by atoms with Crippen molar-refractivity contribution in [2.24, 2.45) is 0 Å². The summed E-state index contributed by atoms with van der Waals surface area (Å²) in [5.74, 6) is -2.63. The number of carbonyl (C=O) groups excluding carboxylic acids is 1. The van der Waals surface area contributed by atoms with Crippen molar-refractivity contribution in [3.8, 4) is 0 Å². The van der Waals surface area contributed by atoms with Crippen LogP contribution in [-0.2, 0) is 0 Å². The first-order chi connectivity index (χ1) is 8.54. The first kappa shape index (κ1) is 13.1. The van der Waals surface area contributed by atoms with Gasteiger partial charge in [0.15, 0.2) is 5.78 Å². The molecule has 18 heavy (non-hydrogen) atoms. The molecule has 1 aliphatic rings. The van der Waals surface area contributed by atoms with Crippen molar-refractivity contribution in [2.45, 2.75) is 44.1 Å². The average Bonchev–Trinajstić information content (AvgIpc) is 2.55. The lowest BCUT2D eigenvalue weighted by Gasteiger charge is -2.25. The minimum absolute atomic E-state index is 0.277. The smallest absolute Gasteiger partial charge is 0.200 e. The highest BCUT2D eigenvalue weighted by Crippen LogP contribution is 2.31. The summed E-state index contributed by atoms with van der Waals surface area (Å²) in [7, 11) is 0. The van der Waals surface area contributed by atoms with E-state index in [1.54, 1.807) is 0 Å². The van der Waals surface area contributed by atoms with E-state index in [-0.39, 0.29) is 12.8 Å². The van der Waals surface area contributed by atoms with Crippen molar-refractivity contribution < 1.29 is 18.7 Å². The predicted molar refractivity (Wildman–Crippen MR) is 63.3 cm³/mol. The molecule has 0 spiro atoms. The maximum Gasteiger partial charge on any atom is 0.200 e. The van der Waals surface area contributed by atoms with Crippen LogP contribution in [0.3, 0.4) is 0 Å². The Kier molecular flexibility index (Phi) is 3.76. The lowest BCUT2D eigenvalue weighted by atomic mass is 9.86. The van der Waals surface area contributed by atoms with Crippen LogP contribution >= 0.6 is 0 Å². The van der Waals surface area contributed by atoms with Gasteiger partial charge in [0.25, 0.3) is 0 Å². The molecule has 0 atom stereocenters. The van der Waals surface area contributed by atoms with E-state index in [2.05, 4.69) is 0 Å². The van der Waals surface area contributed by atoms with Gasteiger partial charge in [-0.25, -0.2) is 8.78 Å². The number of hydrogen-bond acceptors (Lipinski definition) is 2. The molecule has 1 fully saturated rings. The maximum atomic E-state index is 13.6. The highest BCUT2D eigenvalue weighted by Gasteiger charge is 2.39. The molecule has 0 radical (unpaired) electrons. The molecular weight excluding hydrogens is 238 g/mol. The first-order valence-corrected chi connectivity index (χ1v) is 6.26. The lowest BCUT2D eigenvalue weighted by Crippen LogP contribution is -2.39. The zero-order valence-electron chi connectivity index (χ0n) is 10.1. The Morgan fingerprint density at radius 3 is 2.06 bits per heavy atom. The molecule has 1 N–H and O–H groups in total. The van der Waals surface area contributed by atoms with E-state index in [1.807, 2.05) is 0 Å². The van der Waals surface area contributed by atoms with Crippen LogP contribution in [0.25, 0.3) is 0 Å². The van der Waals surface area contributed by atoms with E-state index < -0.39 is 28.6 Å². The monoisotopic (exact) mass is 254 g/mol. The Bertz CT molecular complexity index is 429. The molecule has 0 saturated heterocycles. The van der Waals surface area contributed by atoms with Crippen LogP contribution in [0.5, 0.6) is 0 Å². The van der Waals surface area contributed by atoms with Crippen LogP contribution in [0.2, 0.25) is 0 Å². The van der Waals surface area contributed by atoms with Gasteiger partial charge < -0.3 is 5.11 Å². The topological polar surface area (TPSA) is 37.3 Å². The Labute approximate surface area is 105 Å². The quantitative estimate of drug-likeness (QED) is 0.650. The molecular formula is C14H16F2O2. The molecule has 4 heteroatoms. The minimum atomic E-state index is -1.61. The summed E-state index contributed by atoms with van der Waals surface area (Å²) in [6.07, 6.45) is 3.85. The molecule has 1 aliphatic carbocycles. The van der Waals surface area contributed by atoms with Gasteiger partial charge in [-0.1, -0.05) is 31.7 Å². The van der Waals surface area contributed by atoms with E-state index in [4.69, 9.17) is 0 Å². The molecule has 1 aromatic carbocycles. The van der Waals surface area contributed by atoms with Crippen molar-refractivity contribution >= 4 is 5.78 Å². The zero-order chi connectivity index (χ0) is 13.2. The van der Waals surface area contributed by atoms with Crippen molar-refractivity contribution in [1.29, 1.82) is 0 Å². The molecule has 0 aliphatic heterocycles. The van der Waals surface area contributed by atoms with Crippen LogP contribution in [0.1, 0.15) is 48.9 Å². The molecule has 0 amide bonds. The van der Waals surface area contributed by atoms with E-state index in [1.165, 1.54) is 6.07 Å². The highest BCUT2D eigenvalue weighted by atomic mass is 19.1. The SMILES string of the molecule is O=C(c1c(F)cccc1F)C1(O)CCCCCC1. The van der Waals surface area contributed by atoms with Gasteiger partial charge in [0.1, 0.15) is 17.2 Å². The van der Waals surface area contributed by atoms with Gasteiger partial charge >= 0.3 is 0 Å². The zero-order valence-corrected chi connectivity index (χ0v) is 10.1. The number of Topliss-reactive ketones (excluding diaryl/α,β-unsaturated/α-hetero) is 1. The third-order valence-corrected chi connectivity index (χ3v) is 3.54. The van der Waals surface area contributed by atoms with Crippen molar-refractivity contribution in [3.63, 3.8) is 0 Å². The van der Waals surface area contributed by atoms with Crippen LogP contribution in [0.15, 0.2) is 18.2 Å². The first-order valence-electron chi connectivity index (χ1n) is 6.26. The third-order valence-electron chi connectivity index (χ3n) is 3.54. The van der Waals surface area contributed by atoms with E-state index in [0.29, 0.717) is 12.8 Å². The fraction of sp³-hybridized carbons (Fsp3) is 0.500. The second-order valence-electron chi connectivity index (χ2n) is 4.87. The standard InChI is InChI=1S/C14H16F2O2/c15-10-6-5-7-11(16)12(10)13(17)14(18)8-3-1-2-4-9-14/h5-7,18H,1-4,8-9H2. The fourth-order valence-electron chi connectivity index (χ4n) is 2.49. The van der Waals surface area contributed by atoms with Crippen LogP contribution in [0, 0.1) is 11.6 Å². The Hall–Kier alpha value is -1.29. The van der Waals surface area contributed by atoms with Gasteiger partial charge in [-0.3, -0.25) is 4.79 Å². The number of ketones is 1. The van der Waals surface area contributed by atoms with Gasteiger partial charge in [-0.15, -0.1) is 0 Å². The van der Waals surface area contributed by atoms with Gasteiger partial charge in [-0.05, 0) is 25.0 Å². The maximum absolute atomic E-state index is 13.6. The summed E-state index contributed by atoms with van der Waals surface area (Å²) in [4.78, 5) is 12.2. The number of aliphatic hydroxyl groups is 1. The summed E-state index contributed by atoms with van der Waals surface area (Å²) in [5, 5.41) is 10.3. The highest BCUT2D eigenvalue weighted by molar-refractivity contribution is 6.02. The molecule has 0 unspecified atom stereocenters. The lowest BCUT2D eigenvalue weighted by molar-refractivity contribution is 0.0229. The summed E-state index contributed by atoms with van der Waals surface area (Å²) in [5.41, 5.74) is -2.22. The predicted octanol–water partition coefficient (Wildman–Crippen LogP) is 3.23. The van der Waals surface area contributed by atoms with Crippen molar-refractivity contribution in [2.75, 3.05) is 0 Å². The van der Waals surface area contributed by atoms with Gasteiger partial charge in [0.2, 0.25) is 0 Å². The molecule has 98 valence electrons. The fourth-order valence-corrected chi connectivity index (χ4v) is 2.49. The minimum Gasteiger partial charge on any atom is -0.382 e.